The number of hydrogen-bond acceptors (Lipinski definition) is 3. The minimum atomic E-state index is 0.576. The normalized spacial score (nSPS) is 10.6. The van der Waals surface area contributed by atoms with Crippen molar-refractivity contribution in [1.29, 1.82) is 0 Å². The number of ether oxygens (including phenoxy) is 1. The van der Waals surface area contributed by atoms with E-state index < -0.39 is 0 Å². The van der Waals surface area contributed by atoms with Crippen LogP contribution in [0.5, 0.6) is 5.75 Å². The Bertz CT molecular complexity index is 799. The van der Waals surface area contributed by atoms with E-state index in [0.717, 1.165) is 27.2 Å². The van der Waals surface area contributed by atoms with E-state index in [1.807, 2.05) is 54.6 Å². The first-order chi connectivity index (χ1) is 11.2. The molecule has 3 rings (SSSR count). The number of rotatable bonds is 5. The molecule has 23 heavy (non-hydrogen) atoms. The Morgan fingerprint density at radius 3 is 2.57 bits per heavy atom. The first kappa shape index (κ1) is 16.0. The van der Waals surface area contributed by atoms with Crippen LogP contribution in [0.25, 0.3) is 11.3 Å². The Balaban J connectivity index is 1.67. The number of halogens is 2. The maximum Gasteiger partial charge on any atom is 0.137 e. The van der Waals surface area contributed by atoms with Crippen LogP contribution in [-0.4, -0.2) is 7.11 Å². The molecule has 3 nitrogen and oxygen atoms in total. The van der Waals surface area contributed by atoms with Crippen LogP contribution >= 0.6 is 27.5 Å². The van der Waals surface area contributed by atoms with Crippen LogP contribution in [0, 0.1) is 0 Å². The van der Waals surface area contributed by atoms with Gasteiger partial charge in [0.15, 0.2) is 0 Å². The van der Waals surface area contributed by atoms with E-state index in [4.69, 9.17) is 20.8 Å². The lowest BCUT2D eigenvalue weighted by molar-refractivity contribution is 0.415. The third-order valence-electron chi connectivity index (χ3n) is 3.41. The van der Waals surface area contributed by atoms with Crippen molar-refractivity contribution in [1.82, 2.24) is 0 Å². The zero-order chi connectivity index (χ0) is 16.2. The molecule has 5 heteroatoms. The van der Waals surface area contributed by atoms with Gasteiger partial charge in [-0.25, -0.2) is 0 Å². The standard InChI is InChI=1S/C18H15BrClNO2/c1-22-18-8-6-14(10-16(18)20)21-11-15-7-9-17(23-15)12-2-4-13(19)5-3-12/h2-10,21H,11H2,1H3. The second-order valence-electron chi connectivity index (χ2n) is 4.98. The highest BCUT2D eigenvalue weighted by Crippen LogP contribution is 2.28. The van der Waals surface area contributed by atoms with Gasteiger partial charge in [0.05, 0.1) is 18.7 Å². The number of methoxy groups -OCH3 is 1. The summed E-state index contributed by atoms with van der Waals surface area (Å²) in [7, 11) is 1.60. The average molecular weight is 393 g/mol. The third-order valence-corrected chi connectivity index (χ3v) is 4.23. The molecule has 0 atom stereocenters. The predicted octanol–water partition coefficient (Wildman–Crippen LogP) is 5.98. The molecule has 0 aliphatic rings. The lowest BCUT2D eigenvalue weighted by atomic mass is 10.2. The summed E-state index contributed by atoms with van der Waals surface area (Å²) in [6.07, 6.45) is 0. The molecule has 0 spiro atoms. The molecule has 3 aromatic rings. The van der Waals surface area contributed by atoms with Crippen LogP contribution in [-0.2, 0) is 6.54 Å². The smallest absolute Gasteiger partial charge is 0.137 e. The van der Waals surface area contributed by atoms with Crippen molar-refractivity contribution in [2.24, 2.45) is 0 Å². The van der Waals surface area contributed by atoms with E-state index >= 15 is 0 Å². The summed E-state index contributed by atoms with van der Waals surface area (Å²) in [5.41, 5.74) is 1.96. The summed E-state index contributed by atoms with van der Waals surface area (Å²) in [5, 5.41) is 3.86. The van der Waals surface area contributed by atoms with Crippen molar-refractivity contribution < 1.29 is 9.15 Å². The molecule has 1 N–H and O–H groups in total. The Kier molecular flexibility index (Phi) is 4.94. The molecule has 0 fully saturated rings. The van der Waals surface area contributed by atoms with E-state index in [9.17, 15) is 0 Å². The van der Waals surface area contributed by atoms with Gasteiger partial charge in [0.25, 0.3) is 0 Å². The SMILES string of the molecule is COc1ccc(NCc2ccc(-c3ccc(Br)cc3)o2)cc1Cl. The largest absolute Gasteiger partial charge is 0.495 e. The van der Waals surface area contributed by atoms with Crippen molar-refractivity contribution in [2.45, 2.75) is 6.54 Å². The molecule has 0 radical (unpaired) electrons. The molecule has 2 aromatic carbocycles. The summed E-state index contributed by atoms with van der Waals surface area (Å²) >= 11 is 9.55. The molecule has 1 aromatic heterocycles. The minimum absolute atomic E-state index is 0.576. The van der Waals surface area contributed by atoms with Crippen LogP contribution in [0.3, 0.4) is 0 Å². The lowest BCUT2D eigenvalue weighted by Crippen LogP contribution is -1.98. The number of furan rings is 1. The summed E-state index contributed by atoms with van der Waals surface area (Å²) < 4.78 is 12.1. The molecule has 1 heterocycles. The topological polar surface area (TPSA) is 34.4 Å². The minimum Gasteiger partial charge on any atom is -0.495 e. The first-order valence-corrected chi connectivity index (χ1v) is 8.25. The van der Waals surface area contributed by atoms with Gasteiger partial charge < -0.3 is 14.5 Å². The fourth-order valence-electron chi connectivity index (χ4n) is 2.21. The molecule has 0 amide bonds. The van der Waals surface area contributed by atoms with Gasteiger partial charge in [0.2, 0.25) is 0 Å². The summed E-state index contributed by atoms with van der Waals surface area (Å²) in [6.45, 7) is 0.583. The van der Waals surface area contributed by atoms with Gasteiger partial charge in [-0.3, -0.25) is 0 Å². The maximum atomic E-state index is 6.12. The van der Waals surface area contributed by atoms with E-state index in [1.165, 1.54) is 0 Å². The molecule has 0 aliphatic carbocycles. The van der Waals surface area contributed by atoms with Gasteiger partial charge in [-0.05, 0) is 42.5 Å². The van der Waals surface area contributed by atoms with Crippen LogP contribution in [0.1, 0.15) is 5.76 Å². The van der Waals surface area contributed by atoms with Crippen LogP contribution in [0.4, 0.5) is 5.69 Å². The molecule has 0 saturated carbocycles. The van der Waals surface area contributed by atoms with Crippen molar-refractivity contribution in [3.05, 3.63) is 69.9 Å². The molecule has 118 valence electrons. The van der Waals surface area contributed by atoms with Crippen LogP contribution in [0.15, 0.2) is 63.5 Å². The molecular formula is C18H15BrClNO2. The van der Waals surface area contributed by atoms with E-state index in [1.54, 1.807) is 7.11 Å². The molecule has 0 aliphatic heterocycles. The number of anilines is 1. The number of nitrogens with one attached hydrogen (secondary N) is 1. The van der Waals surface area contributed by atoms with Crippen molar-refractivity contribution >= 4 is 33.2 Å². The monoisotopic (exact) mass is 391 g/mol. The number of hydrogen-bond donors (Lipinski definition) is 1. The fraction of sp³-hybridized carbons (Fsp3) is 0.111. The summed E-state index contributed by atoms with van der Waals surface area (Å²) in [6, 6.07) is 17.6. The van der Waals surface area contributed by atoms with Gasteiger partial charge in [0, 0.05) is 15.7 Å². The van der Waals surface area contributed by atoms with Crippen molar-refractivity contribution in [3.8, 4) is 17.1 Å². The molecule has 0 unspecified atom stereocenters. The maximum absolute atomic E-state index is 6.12. The van der Waals surface area contributed by atoms with Crippen molar-refractivity contribution in [3.63, 3.8) is 0 Å². The Hall–Kier alpha value is -1.91. The van der Waals surface area contributed by atoms with Crippen LogP contribution in [0.2, 0.25) is 5.02 Å². The molecule has 0 bridgehead atoms. The summed E-state index contributed by atoms with van der Waals surface area (Å²) in [4.78, 5) is 0. The fourth-order valence-corrected chi connectivity index (χ4v) is 2.73. The second-order valence-corrected chi connectivity index (χ2v) is 6.30. The quantitative estimate of drug-likeness (QED) is 0.579. The van der Waals surface area contributed by atoms with Crippen LogP contribution < -0.4 is 10.1 Å². The average Bonchev–Trinajstić information content (AvgIpc) is 3.03. The van der Waals surface area contributed by atoms with E-state index in [-0.39, 0.29) is 0 Å². The van der Waals surface area contributed by atoms with Crippen molar-refractivity contribution in [2.75, 3.05) is 12.4 Å². The Morgan fingerprint density at radius 1 is 1.09 bits per heavy atom. The van der Waals surface area contributed by atoms with Gasteiger partial charge in [-0.15, -0.1) is 0 Å². The highest BCUT2D eigenvalue weighted by Gasteiger charge is 2.06. The van der Waals surface area contributed by atoms with Gasteiger partial charge in [-0.1, -0.05) is 39.7 Å². The zero-order valence-corrected chi connectivity index (χ0v) is 14.8. The Morgan fingerprint density at radius 2 is 1.87 bits per heavy atom. The number of benzene rings is 2. The first-order valence-electron chi connectivity index (χ1n) is 7.08. The van der Waals surface area contributed by atoms with E-state index in [0.29, 0.717) is 17.3 Å². The predicted molar refractivity (Wildman–Crippen MR) is 97.2 cm³/mol. The van der Waals surface area contributed by atoms with Gasteiger partial charge in [-0.2, -0.15) is 0 Å². The third kappa shape index (κ3) is 3.89. The van der Waals surface area contributed by atoms with Gasteiger partial charge in [0.1, 0.15) is 17.3 Å². The molecular weight excluding hydrogens is 378 g/mol. The Labute approximate surface area is 148 Å². The highest BCUT2D eigenvalue weighted by molar-refractivity contribution is 9.10. The summed E-state index contributed by atoms with van der Waals surface area (Å²) in [5.74, 6) is 2.37. The highest BCUT2D eigenvalue weighted by atomic mass is 79.9. The van der Waals surface area contributed by atoms with E-state index in [2.05, 4.69) is 21.2 Å². The molecule has 0 saturated heterocycles. The lowest BCUT2D eigenvalue weighted by Gasteiger charge is -2.07. The second kappa shape index (κ2) is 7.11. The zero-order valence-electron chi connectivity index (χ0n) is 12.5. The van der Waals surface area contributed by atoms with Gasteiger partial charge >= 0.3 is 0 Å².